The van der Waals surface area contributed by atoms with Crippen molar-refractivity contribution in [3.63, 3.8) is 0 Å². The highest BCUT2D eigenvalue weighted by Gasteiger charge is 2.22. The van der Waals surface area contributed by atoms with Crippen molar-refractivity contribution in [3.8, 4) is 0 Å². The zero-order chi connectivity index (χ0) is 19.1. The number of carbonyl (C=O) groups excluding carboxylic acids is 1. The van der Waals surface area contributed by atoms with Gasteiger partial charge in [0.15, 0.2) is 0 Å². The highest BCUT2D eigenvalue weighted by molar-refractivity contribution is 5.94. The number of hydrogen-bond donors (Lipinski definition) is 2. The molecule has 1 fully saturated rings. The number of aromatic nitrogens is 1. The van der Waals surface area contributed by atoms with Gasteiger partial charge in [0.25, 0.3) is 5.91 Å². The summed E-state index contributed by atoms with van der Waals surface area (Å²) in [6.07, 6.45) is 2.66. The number of piperazine rings is 1. The third kappa shape index (κ3) is 5.52. The summed E-state index contributed by atoms with van der Waals surface area (Å²) in [7, 11) is 4.07. The van der Waals surface area contributed by atoms with Crippen LogP contribution in [0.1, 0.15) is 28.4 Å². The number of nitrogens with one attached hydrogen (secondary N) is 2. The molecule has 1 aliphatic heterocycles. The number of rotatable bonds is 7. The minimum atomic E-state index is -0.0350. The molecule has 27 heavy (non-hydrogen) atoms. The van der Waals surface area contributed by atoms with Gasteiger partial charge < -0.3 is 20.4 Å². The molecule has 1 atom stereocenters. The lowest BCUT2D eigenvalue weighted by Gasteiger charge is -2.34. The first-order valence-corrected chi connectivity index (χ1v) is 9.56. The Labute approximate surface area is 161 Å². The maximum Gasteiger partial charge on any atom is 0.251 e. The fourth-order valence-electron chi connectivity index (χ4n) is 3.30. The third-order valence-electron chi connectivity index (χ3n) is 4.78. The Bertz CT molecular complexity index is 734. The predicted octanol–water partition coefficient (Wildman–Crippen LogP) is 1.91. The summed E-state index contributed by atoms with van der Waals surface area (Å²) >= 11 is 0. The number of pyridine rings is 1. The lowest BCUT2D eigenvalue weighted by Crippen LogP contribution is -2.46. The lowest BCUT2D eigenvalue weighted by atomic mass is 10.0. The Morgan fingerprint density at radius 1 is 1.30 bits per heavy atom. The minimum absolute atomic E-state index is 0.0350. The zero-order valence-electron chi connectivity index (χ0n) is 16.2. The molecule has 0 saturated carbocycles. The average molecular weight is 367 g/mol. The van der Waals surface area contributed by atoms with Crippen LogP contribution in [0.25, 0.3) is 0 Å². The first-order valence-electron chi connectivity index (χ1n) is 9.56. The number of carbonyl (C=O) groups is 1. The fourth-order valence-corrected chi connectivity index (χ4v) is 3.30. The second-order valence-electron chi connectivity index (χ2n) is 7.18. The molecule has 1 unspecified atom stereocenters. The molecule has 0 spiro atoms. The van der Waals surface area contributed by atoms with Crippen LogP contribution in [0.4, 0.5) is 5.82 Å². The highest BCUT2D eigenvalue weighted by Crippen LogP contribution is 2.21. The highest BCUT2D eigenvalue weighted by atomic mass is 16.1. The molecule has 1 aromatic carbocycles. The molecule has 2 aromatic rings. The molecular weight excluding hydrogens is 338 g/mol. The van der Waals surface area contributed by atoms with E-state index in [1.165, 1.54) is 5.56 Å². The van der Waals surface area contributed by atoms with E-state index < -0.39 is 0 Å². The lowest BCUT2D eigenvalue weighted by molar-refractivity contribution is 0.0952. The average Bonchev–Trinajstić information content (AvgIpc) is 2.72. The van der Waals surface area contributed by atoms with Crippen molar-refractivity contribution in [1.29, 1.82) is 0 Å². The summed E-state index contributed by atoms with van der Waals surface area (Å²) in [5.41, 5.74) is 1.94. The quantitative estimate of drug-likeness (QED) is 0.732. The topological polar surface area (TPSA) is 60.5 Å². The van der Waals surface area contributed by atoms with E-state index >= 15 is 0 Å². The Morgan fingerprint density at radius 3 is 2.89 bits per heavy atom. The molecule has 0 radical (unpaired) electrons. The van der Waals surface area contributed by atoms with Crippen LogP contribution in [0.15, 0.2) is 48.7 Å². The van der Waals surface area contributed by atoms with Gasteiger partial charge in [-0.15, -0.1) is 0 Å². The summed E-state index contributed by atoms with van der Waals surface area (Å²) < 4.78 is 0. The van der Waals surface area contributed by atoms with Gasteiger partial charge in [0, 0.05) is 44.0 Å². The van der Waals surface area contributed by atoms with Crippen LogP contribution in [0.5, 0.6) is 0 Å². The van der Waals surface area contributed by atoms with Crippen LogP contribution in [-0.2, 0) is 0 Å². The van der Waals surface area contributed by atoms with Crippen LogP contribution in [-0.4, -0.2) is 62.6 Å². The molecule has 3 rings (SSSR count). The second kappa shape index (κ2) is 9.48. The Hall–Kier alpha value is -2.44. The van der Waals surface area contributed by atoms with Gasteiger partial charge >= 0.3 is 0 Å². The van der Waals surface area contributed by atoms with Crippen LogP contribution in [0.3, 0.4) is 0 Å². The second-order valence-corrected chi connectivity index (χ2v) is 7.18. The molecule has 6 nitrogen and oxygen atoms in total. The minimum Gasteiger partial charge on any atom is -0.353 e. The van der Waals surface area contributed by atoms with E-state index in [1.54, 1.807) is 12.3 Å². The maximum atomic E-state index is 12.4. The molecule has 2 heterocycles. The predicted molar refractivity (Wildman–Crippen MR) is 109 cm³/mol. The van der Waals surface area contributed by atoms with E-state index in [0.29, 0.717) is 12.1 Å². The normalized spacial score (nSPS) is 17.1. The van der Waals surface area contributed by atoms with Gasteiger partial charge in [0.05, 0.1) is 0 Å². The van der Waals surface area contributed by atoms with E-state index in [2.05, 4.69) is 49.7 Å². The van der Waals surface area contributed by atoms with Gasteiger partial charge in [-0.25, -0.2) is 4.98 Å². The van der Waals surface area contributed by atoms with E-state index in [1.807, 2.05) is 26.2 Å². The molecule has 2 N–H and O–H groups in total. The summed E-state index contributed by atoms with van der Waals surface area (Å²) in [4.78, 5) is 21.3. The standard InChI is InChI=1S/C21H29N5O/c1-25(2)13-6-10-24-21(27)18-9-11-23-20(15-18)26-14-12-22-19(16-26)17-7-4-3-5-8-17/h3-5,7-9,11,15,19,22H,6,10,12-14,16H2,1-2H3,(H,24,27). The van der Waals surface area contributed by atoms with Crippen molar-refractivity contribution < 1.29 is 4.79 Å². The smallest absolute Gasteiger partial charge is 0.251 e. The molecule has 0 bridgehead atoms. The van der Waals surface area contributed by atoms with Crippen molar-refractivity contribution >= 4 is 11.7 Å². The third-order valence-corrected chi connectivity index (χ3v) is 4.78. The van der Waals surface area contributed by atoms with Crippen LogP contribution >= 0.6 is 0 Å². The van der Waals surface area contributed by atoms with E-state index in [0.717, 1.165) is 38.4 Å². The van der Waals surface area contributed by atoms with Crippen molar-refractivity contribution in [1.82, 2.24) is 20.5 Å². The Kier molecular flexibility index (Phi) is 6.79. The van der Waals surface area contributed by atoms with Crippen molar-refractivity contribution in [2.45, 2.75) is 12.5 Å². The first-order chi connectivity index (χ1) is 13.1. The molecule has 1 aromatic heterocycles. The number of amides is 1. The van der Waals surface area contributed by atoms with Crippen LogP contribution < -0.4 is 15.5 Å². The van der Waals surface area contributed by atoms with E-state index in [9.17, 15) is 4.79 Å². The molecule has 1 amide bonds. The van der Waals surface area contributed by atoms with Crippen molar-refractivity contribution in [2.75, 3.05) is 51.7 Å². The fraction of sp³-hybridized carbons (Fsp3) is 0.429. The molecule has 1 aliphatic rings. The van der Waals surface area contributed by atoms with Crippen LogP contribution in [0, 0.1) is 0 Å². The number of hydrogen-bond acceptors (Lipinski definition) is 5. The van der Waals surface area contributed by atoms with Crippen molar-refractivity contribution in [2.24, 2.45) is 0 Å². The van der Waals surface area contributed by atoms with Gasteiger partial charge in [-0.2, -0.15) is 0 Å². The molecule has 0 aliphatic carbocycles. The van der Waals surface area contributed by atoms with Crippen molar-refractivity contribution in [3.05, 3.63) is 59.8 Å². The summed E-state index contributed by atoms with van der Waals surface area (Å²) in [6, 6.07) is 14.4. The number of benzene rings is 1. The molecule has 1 saturated heterocycles. The number of nitrogens with zero attached hydrogens (tertiary/aromatic N) is 3. The van der Waals surface area contributed by atoms with Gasteiger partial charge in [-0.3, -0.25) is 4.79 Å². The SMILES string of the molecule is CN(C)CCCNC(=O)c1ccnc(N2CCNC(c3ccccc3)C2)c1. The maximum absolute atomic E-state index is 12.4. The van der Waals surface area contributed by atoms with E-state index in [-0.39, 0.29) is 11.9 Å². The van der Waals surface area contributed by atoms with E-state index in [4.69, 9.17) is 0 Å². The molecule has 6 heteroatoms. The zero-order valence-corrected chi connectivity index (χ0v) is 16.2. The van der Waals surface area contributed by atoms with Gasteiger partial charge in [0.1, 0.15) is 5.82 Å². The van der Waals surface area contributed by atoms with Gasteiger partial charge in [0.2, 0.25) is 0 Å². The molecular formula is C21H29N5O. The Balaban J connectivity index is 1.61. The van der Waals surface area contributed by atoms with Gasteiger partial charge in [-0.1, -0.05) is 30.3 Å². The molecule has 144 valence electrons. The van der Waals surface area contributed by atoms with Gasteiger partial charge in [-0.05, 0) is 44.8 Å². The Morgan fingerprint density at radius 2 is 2.11 bits per heavy atom. The largest absolute Gasteiger partial charge is 0.353 e. The summed E-state index contributed by atoms with van der Waals surface area (Å²) in [5.74, 6) is 0.825. The number of anilines is 1. The summed E-state index contributed by atoms with van der Waals surface area (Å²) in [6.45, 7) is 4.25. The first kappa shape index (κ1) is 19.3. The monoisotopic (exact) mass is 367 g/mol. The summed E-state index contributed by atoms with van der Waals surface area (Å²) in [5, 5.41) is 6.56. The van der Waals surface area contributed by atoms with Crippen LogP contribution in [0.2, 0.25) is 0 Å².